The predicted molar refractivity (Wildman–Crippen MR) is 82.1 cm³/mol. The highest BCUT2D eigenvalue weighted by Gasteiger charge is 2.34. The lowest BCUT2D eigenvalue weighted by atomic mass is 10.2. The van der Waals surface area contributed by atoms with E-state index in [0.29, 0.717) is 24.0 Å². The quantitative estimate of drug-likeness (QED) is 0.814. The Morgan fingerprint density at radius 1 is 1.15 bits per heavy atom. The Labute approximate surface area is 128 Å². The van der Waals surface area contributed by atoms with Gasteiger partial charge in [0.2, 0.25) is 10.0 Å². The second-order valence-electron chi connectivity index (χ2n) is 5.51. The first kappa shape index (κ1) is 14.5. The maximum absolute atomic E-state index is 12.8. The van der Waals surface area contributed by atoms with Gasteiger partial charge in [0.15, 0.2) is 0 Å². The lowest BCUT2D eigenvalue weighted by molar-refractivity contribution is 0.257. The highest BCUT2D eigenvalue weighted by atomic mass is 79.9. The van der Waals surface area contributed by atoms with E-state index < -0.39 is 10.0 Å². The zero-order valence-corrected chi connectivity index (χ0v) is 13.7. The number of hydrogen-bond donors (Lipinski definition) is 0. The average Bonchev–Trinajstić information content (AvgIpc) is 2.75. The van der Waals surface area contributed by atoms with Crippen LogP contribution in [0.25, 0.3) is 0 Å². The van der Waals surface area contributed by atoms with E-state index in [0.717, 1.165) is 30.4 Å². The first-order valence-corrected chi connectivity index (χ1v) is 9.30. The fraction of sp³-hybridized carbons (Fsp3) is 0.571. The van der Waals surface area contributed by atoms with Crippen LogP contribution in [0.2, 0.25) is 0 Å². The largest absolute Gasteiger partial charge is 0.299 e. The van der Waals surface area contributed by atoms with Crippen molar-refractivity contribution in [1.29, 1.82) is 0 Å². The van der Waals surface area contributed by atoms with Crippen LogP contribution < -0.4 is 0 Å². The van der Waals surface area contributed by atoms with E-state index >= 15 is 0 Å². The Kier molecular flexibility index (Phi) is 4.17. The number of fused-ring (bicyclic) bond motifs is 1. The van der Waals surface area contributed by atoms with Gasteiger partial charge in [-0.3, -0.25) is 4.90 Å². The monoisotopic (exact) mass is 358 g/mol. The normalized spacial score (nSPS) is 25.4. The van der Waals surface area contributed by atoms with Gasteiger partial charge in [0.05, 0.1) is 4.90 Å². The van der Waals surface area contributed by atoms with E-state index in [1.807, 2.05) is 6.07 Å². The van der Waals surface area contributed by atoms with E-state index in [2.05, 4.69) is 20.8 Å². The molecule has 0 aliphatic carbocycles. The molecular formula is C14H19BrN2O2S. The molecule has 2 aliphatic rings. The van der Waals surface area contributed by atoms with Crippen molar-refractivity contribution in [3.8, 4) is 0 Å². The van der Waals surface area contributed by atoms with Crippen LogP contribution >= 0.6 is 15.9 Å². The Hall–Kier alpha value is -0.430. The number of nitrogens with zero attached hydrogens (tertiary/aromatic N) is 2. The predicted octanol–water partition coefficient (Wildman–Crippen LogP) is 2.31. The number of hydrogen-bond acceptors (Lipinski definition) is 3. The molecular weight excluding hydrogens is 340 g/mol. The molecule has 6 heteroatoms. The highest BCUT2D eigenvalue weighted by Crippen LogP contribution is 2.26. The summed E-state index contributed by atoms with van der Waals surface area (Å²) in [7, 11) is -3.37. The average molecular weight is 359 g/mol. The molecule has 1 aromatic rings. The second-order valence-corrected chi connectivity index (χ2v) is 8.36. The van der Waals surface area contributed by atoms with E-state index in [1.165, 1.54) is 6.42 Å². The maximum atomic E-state index is 12.8. The molecule has 20 heavy (non-hydrogen) atoms. The van der Waals surface area contributed by atoms with Gasteiger partial charge in [-0.15, -0.1) is 0 Å². The molecule has 2 heterocycles. The van der Waals surface area contributed by atoms with E-state index in [4.69, 9.17) is 0 Å². The highest BCUT2D eigenvalue weighted by molar-refractivity contribution is 9.10. The Bertz CT molecular complexity index is 591. The zero-order valence-electron chi connectivity index (χ0n) is 11.3. The summed E-state index contributed by atoms with van der Waals surface area (Å²) >= 11 is 3.35. The molecule has 0 radical (unpaired) electrons. The van der Waals surface area contributed by atoms with Crippen molar-refractivity contribution in [2.45, 2.75) is 30.2 Å². The molecule has 3 rings (SSSR count). The van der Waals surface area contributed by atoms with Gasteiger partial charge < -0.3 is 0 Å². The van der Waals surface area contributed by atoms with E-state index in [-0.39, 0.29) is 0 Å². The lowest BCUT2D eigenvalue weighted by Crippen LogP contribution is -2.39. The van der Waals surface area contributed by atoms with Crippen molar-refractivity contribution in [3.05, 3.63) is 28.7 Å². The van der Waals surface area contributed by atoms with Crippen LogP contribution in [-0.2, 0) is 10.0 Å². The third kappa shape index (κ3) is 2.79. The minimum atomic E-state index is -3.37. The summed E-state index contributed by atoms with van der Waals surface area (Å²) in [6, 6.07) is 7.39. The van der Waals surface area contributed by atoms with Crippen molar-refractivity contribution < 1.29 is 8.42 Å². The van der Waals surface area contributed by atoms with Crippen molar-refractivity contribution >= 4 is 26.0 Å². The number of benzene rings is 1. The van der Waals surface area contributed by atoms with Gasteiger partial charge in [-0.05, 0) is 50.6 Å². The summed E-state index contributed by atoms with van der Waals surface area (Å²) in [4.78, 5) is 2.83. The smallest absolute Gasteiger partial charge is 0.243 e. The zero-order chi connectivity index (χ0) is 14.2. The Balaban J connectivity index is 1.87. The van der Waals surface area contributed by atoms with Gasteiger partial charge in [-0.1, -0.05) is 22.0 Å². The molecule has 0 bridgehead atoms. The Morgan fingerprint density at radius 3 is 2.75 bits per heavy atom. The third-order valence-corrected chi connectivity index (χ3v) is 6.55. The molecule has 0 spiro atoms. The fourth-order valence-corrected chi connectivity index (χ4v) is 5.28. The number of halogens is 1. The number of rotatable bonds is 2. The fourth-order valence-electron chi connectivity index (χ4n) is 3.17. The molecule has 0 amide bonds. The van der Waals surface area contributed by atoms with Gasteiger partial charge >= 0.3 is 0 Å². The van der Waals surface area contributed by atoms with E-state index in [1.54, 1.807) is 22.5 Å². The van der Waals surface area contributed by atoms with Crippen LogP contribution in [0.15, 0.2) is 33.6 Å². The molecule has 0 N–H and O–H groups in total. The van der Waals surface area contributed by atoms with Gasteiger partial charge in [0.25, 0.3) is 0 Å². The summed E-state index contributed by atoms with van der Waals surface area (Å²) in [5.74, 6) is 0. The van der Waals surface area contributed by atoms with Crippen molar-refractivity contribution in [2.75, 3.05) is 26.2 Å². The van der Waals surface area contributed by atoms with Crippen LogP contribution in [0.4, 0.5) is 0 Å². The minimum Gasteiger partial charge on any atom is -0.299 e. The molecule has 2 fully saturated rings. The molecule has 110 valence electrons. The van der Waals surface area contributed by atoms with Crippen molar-refractivity contribution in [2.24, 2.45) is 0 Å². The Morgan fingerprint density at radius 2 is 1.95 bits per heavy atom. The molecule has 2 saturated heterocycles. The molecule has 4 nitrogen and oxygen atoms in total. The number of sulfonamides is 1. The lowest BCUT2D eigenvalue weighted by Gasteiger charge is -2.25. The summed E-state index contributed by atoms with van der Waals surface area (Å²) in [6.07, 6.45) is 3.23. The van der Waals surface area contributed by atoms with Crippen LogP contribution in [0.3, 0.4) is 0 Å². The van der Waals surface area contributed by atoms with Gasteiger partial charge in [-0.2, -0.15) is 4.31 Å². The van der Waals surface area contributed by atoms with E-state index in [9.17, 15) is 8.42 Å². The van der Waals surface area contributed by atoms with Crippen LogP contribution in [0, 0.1) is 0 Å². The second kappa shape index (κ2) is 5.75. The topological polar surface area (TPSA) is 40.6 Å². The molecule has 0 aromatic heterocycles. The summed E-state index contributed by atoms with van der Waals surface area (Å²) in [5.41, 5.74) is 0. The molecule has 1 aromatic carbocycles. The minimum absolute atomic E-state index is 0.387. The standard InChI is InChI=1S/C14H19BrN2O2S/c15-12-4-1-6-14(10-12)20(18,19)17-9-3-8-16-7-2-5-13(16)11-17/h1,4,6,10,13H,2-3,5,7-9,11H2. The molecule has 2 aliphatic heterocycles. The molecule has 0 saturated carbocycles. The van der Waals surface area contributed by atoms with Gasteiger partial charge in [-0.25, -0.2) is 8.42 Å². The van der Waals surface area contributed by atoms with Crippen LogP contribution in [0.5, 0.6) is 0 Å². The van der Waals surface area contributed by atoms with Gasteiger partial charge in [0.1, 0.15) is 0 Å². The van der Waals surface area contributed by atoms with Crippen molar-refractivity contribution in [3.63, 3.8) is 0 Å². The summed E-state index contributed by atoms with van der Waals surface area (Å²) < 4.78 is 28.0. The summed E-state index contributed by atoms with van der Waals surface area (Å²) in [6.45, 7) is 3.40. The maximum Gasteiger partial charge on any atom is 0.243 e. The summed E-state index contributed by atoms with van der Waals surface area (Å²) in [5, 5.41) is 0. The molecule has 1 atom stereocenters. The SMILES string of the molecule is O=S(=O)(c1cccc(Br)c1)N1CCCN2CCCC2C1. The van der Waals surface area contributed by atoms with Crippen molar-refractivity contribution in [1.82, 2.24) is 9.21 Å². The van der Waals surface area contributed by atoms with Gasteiger partial charge in [0, 0.05) is 23.6 Å². The molecule has 1 unspecified atom stereocenters. The van der Waals surface area contributed by atoms with Crippen LogP contribution in [0.1, 0.15) is 19.3 Å². The first-order chi connectivity index (χ1) is 9.57. The van der Waals surface area contributed by atoms with Crippen LogP contribution in [-0.4, -0.2) is 49.8 Å². The third-order valence-electron chi connectivity index (χ3n) is 4.20. The first-order valence-electron chi connectivity index (χ1n) is 7.07.